The molecule has 3 heteroatoms. The topological polar surface area (TPSA) is 22.1 Å². The summed E-state index contributed by atoms with van der Waals surface area (Å²) in [5.74, 6) is 0.685. The smallest absolute Gasteiger partial charge is 0.144 e. The SMILES string of the molecule is C=Cc1cc(Cl)ncc1OC. The predicted octanol–water partition coefficient (Wildman–Crippen LogP) is 2.39. The Morgan fingerprint density at radius 3 is 3.00 bits per heavy atom. The van der Waals surface area contributed by atoms with E-state index in [1.165, 1.54) is 0 Å². The number of rotatable bonds is 2. The summed E-state index contributed by atoms with van der Waals surface area (Å²) < 4.78 is 5.00. The molecule has 0 fully saturated rings. The molecule has 0 aliphatic carbocycles. The summed E-state index contributed by atoms with van der Waals surface area (Å²) in [7, 11) is 1.58. The zero-order chi connectivity index (χ0) is 8.27. The summed E-state index contributed by atoms with van der Waals surface area (Å²) in [6.45, 7) is 3.61. The number of methoxy groups -OCH3 is 1. The number of nitrogens with zero attached hydrogens (tertiary/aromatic N) is 1. The molecule has 0 atom stereocenters. The van der Waals surface area contributed by atoms with Crippen molar-refractivity contribution in [1.29, 1.82) is 0 Å². The number of hydrogen-bond donors (Lipinski definition) is 0. The van der Waals surface area contributed by atoms with Crippen LogP contribution >= 0.6 is 11.6 Å². The second-order valence-electron chi connectivity index (χ2n) is 1.95. The van der Waals surface area contributed by atoms with E-state index in [2.05, 4.69) is 11.6 Å². The van der Waals surface area contributed by atoms with Gasteiger partial charge in [-0.1, -0.05) is 24.3 Å². The van der Waals surface area contributed by atoms with Crippen molar-refractivity contribution >= 4 is 17.7 Å². The van der Waals surface area contributed by atoms with Gasteiger partial charge in [0.25, 0.3) is 0 Å². The van der Waals surface area contributed by atoms with Crippen LogP contribution in [-0.2, 0) is 0 Å². The quantitative estimate of drug-likeness (QED) is 0.635. The lowest BCUT2D eigenvalue weighted by Gasteiger charge is -2.02. The van der Waals surface area contributed by atoms with Crippen LogP contribution in [0.2, 0.25) is 5.15 Å². The van der Waals surface area contributed by atoms with E-state index >= 15 is 0 Å². The molecule has 0 amide bonds. The Labute approximate surface area is 70.5 Å². The molecule has 0 saturated carbocycles. The van der Waals surface area contributed by atoms with Gasteiger partial charge in [0.05, 0.1) is 13.3 Å². The van der Waals surface area contributed by atoms with Crippen LogP contribution in [0.5, 0.6) is 5.75 Å². The minimum Gasteiger partial charge on any atom is -0.495 e. The molecule has 2 nitrogen and oxygen atoms in total. The van der Waals surface area contributed by atoms with Gasteiger partial charge in [-0.15, -0.1) is 0 Å². The van der Waals surface area contributed by atoms with Gasteiger partial charge in [-0.05, 0) is 6.07 Å². The molecular formula is C8H8ClNO. The van der Waals surface area contributed by atoms with Crippen LogP contribution in [0.25, 0.3) is 6.08 Å². The Morgan fingerprint density at radius 2 is 2.45 bits per heavy atom. The second-order valence-corrected chi connectivity index (χ2v) is 2.34. The largest absolute Gasteiger partial charge is 0.495 e. The molecule has 0 spiro atoms. The summed E-state index contributed by atoms with van der Waals surface area (Å²) in [5, 5.41) is 0.445. The Hall–Kier alpha value is -1.02. The first-order chi connectivity index (χ1) is 5.27. The minimum absolute atomic E-state index is 0.445. The molecule has 1 aromatic heterocycles. The van der Waals surface area contributed by atoms with Gasteiger partial charge in [-0.2, -0.15) is 0 Å². The first kappa shape index (κ1) is 8.08. The summed E-state index contributed by atoms with van der Waals surface area (Å²) in [4.78, 5) is 3.85. The van der Waals surface area contributed by atoms with Gasteiger partial charge in [0, 0.05) is 5.56 Å². The van der Waals surface area contributed by atoms with Crippen LogP contribution in [0.15, 0.2) is 18.8 Å². The summed E-state index contributed by atoms with van der Waals surface area (Å²) in [5.41, 5.74) is 0.854. The van der Waals surface area contributed by atoms with Gasteiger partial charge in [-0.25, -0.2) is 4.98 Å². The average molecular weight is 170 g/mol. The molecule has 1 heterocycles. The Kier molecular flexibility index (Phi) is 2.49. The normalized spacial score (nSPS) is 9.27. The Bertz CT molecular complexity index is 273. The fourth-order valence-corrected chi connectivity index (χ4v) is 0.928. The highest BCUT2D eigenvalue weighted by Crippen LogP contribution is 2.20. The third-order valence-electron chi connectivity index (χ3n) is 1.30. The molecule has 1 aromatic rings. The van der Waals surface area contributed by atoms with Crippen molar-refractivity contribution in [3.05, 3.63) is 29.6 Å². The van der Waals surface area contributed by atoms with Gasteiger partial charge in [-0.3, -0.25) is 0 Å². The maximum Gasteiger partial charge on any atom is 0.144 e. The fourth-order valence-electron chi connectivity index (χ4n) is 0.762. The Balaban J connectivity index is 3.16. The molecular weight excluding hydrogens is 162 g/mol. The summed E-state index contributed by atoms with van der Waals surface area (Å²) in [6.07, 6.45) is 3.24. The molecule has 0 unspecified atom stereocenters. The molecule has 1 rings (SSSR count). The Morgan fingerprint density at radius 1 is 1.73 bits per heavy atom. The second kappa shape index (κ2) is 3.39. The summed E-state index contributed by atoms with van der Waals surface area (Å²) >= 11 is 5.64. The van der Waals surface area contributed by atoms with Crippen LogP contribution in [0.1, 0.15) is 5.56 Å². The maximum absolute atomic E-state index is 5.64. The number of pyridine rings is 1. The number of halogens is 1. The van der Waals surface area contributed by atoms with E-state index in [0.29, 0.717) is 10.9 Å². The van der Waals surface area contributed by atoms with Gasteiger partial charge in [0.1, 0.15) is 10.9 Å². The van der Waals surface area contributed by atoms with Crippen LogP contribution < -0.4 is 4.74 Å². The van der Waals surface area contributed by atoms with Crippen molar-refractivity contribution in [1.82, 2.24) is 4.98 Å². The van der Waals surface area contributed by atoms with Crippen molar-refractivity contribution in [2.45, 2.75) is 0 Å². The van der Waals surface area contributed by atoms with Crippen molar-refractivity contribution in [2.24, 2.45) is 0 Å². The molecule has 11 heavy (non-hydrogen) atoms. The van der Waals surface area contributed by atoms with Gasteiger partial charge in [0.2, 0.25) is 0 Å². The first-order valence-electron chi connectivity index (χ1n) is 3.10. The van der Waals surface area contributed by atoms with E-state index < -0.39 is 0 Å². The number of hydrogen-bond acceptors (Lipinski definition) is 2. The predicted molar refractivity (Wildman–Crippen MR) is 45.9 cm³/mol. The van der Waals surface area contributed by atoms with Gasteiger partial charge in [0.15, 0.2) is 0 Å². The van der Waals surface area contributed by atoms with Crippen LogP contribution in [-0.4, -0.2) is 12.1 Å². The van der Waals surface area contributed by atoms with Crippen LogP contribution in [0, 0.1) is 0 Å². The third-order valence-corrected chi connectivity index (χ3v) is 1.51. The lowest BCUT2D eigenvalue weighted by Crippen LogP contribution is -1.88. The van der Waals surface area contributed by atoms with Gasteiger partial charge < -0.3 is 4.74 Å². The van der Waals surface area contributed by atoms with Crippen LogP contribution in [0.4, 0.5) is 0 Å². The van der Waals surface area contributed by atoms with E-state index in [4.69, 9.17) is 16.3 Å². The van der Waals surface area contributed by atoms with Crippen molar-refractivity contribution in [2.75, 3.05) is 7.11 Å². The fraction of sp³-hybridized carbons (Fsp3) is 0.125. The molecule has 0 aliphatic heterocycles. The van der Waals surface area contributed by atoms with Crippen molar-refractivity contribution in [3.8, 4) is 5.75 Å². The molecule has 58 valence electrons. The molecule has 0 bridgehead atoms. The average Bonchev–Trinajstić information content (AvgIpc) is 2.04. The minimum atomic E-state index is 0.445. The van der Waals surface area contributed by atoms with E-state index in [1.807, 2.05) is 0 Å². The standard InChI is InChI=1S/C8H8ClNO/c1-3-6-4-8(9)10-5-7(6)11-2/h3-5H,1H2,2H3. The van der Waals surface area contributed by atoms with Crippen molar-refractivity contribution in [3.63, 3.8) is 0 Å². The zero-order valence-corrected chi connectivity index (χ0v) is 6.93. The van der Waals surface area contributed by atoms with Crippen LogP contribution in [0.3, 0.4) is 0 Å². The molecule has 0 N–H and O–H groups in total. The van der Waals surface area contributed by atoms with Gasteiger partial charge >= 0.3 is 0 Å². The van der Waals surface area contributed by atoms with E-state index in [0.717, 1.165) is 5.56 Å². The summed E-state index contributed by atoms with van der Waals surface area (Å²) in [6, 6.07) is 1.70. The third kappa shape index (κ3) is 1.71. The highest BCUT2D eigenvalue weighted by atomic mass is 35.5. The van der Waals surface area contributed by atoms with Crippen molar-refractivity contribution < 1.29 is 4.74 Å². The molecule has 0 aromatic carbocycles. The highest BCUT2D eigenvalue weighted by molar-refractivity contribution is 6.29. The lowest BCUT2D eigenvalue weighted by molar-refractivity contribution is 0.412. The molecule has 0 aliphatic rings. The van der Waals surface area contributed by atoms with E-state index in [-0.39, 0.29) is 0 Å². The highest BCUT2D eigenvalue weighted by Gasteiger charge is 1.99. The number of ether oxygens (including phenoxy) is 1. The van der Waals surface area contributed by atoms with E-state index in [1.54, 1.807) is 25.4 Å². The molecule has 0 radical (unpaired) electrons. The maximum atomic E-state index is 5.64. The molecule has 0 saturated heterocycles. The first-order valence-corrected chi connectivity index (χ1v) is 3.47. The monoisotopic (exact) mass is 169 g/mol. The zero-order valence-electron chi connectivity index (χ0n) is 6.17. The van der Waals surface area contributed by atoms with E-state index in [9.17, 15) is 0 Å². The number of aromatic nitrogens is 1. The lowest BCUT2D eigenvalue weighted by atomic mass is 10.2.